The van der Waals surface area contributed by atoms with Gasteiger partial charge >= 0.3 is 0 Å². The van der Waals surface area contributed by atoms with Gasteiger partial charge in [-0.15, -0.1) is 0 Å². The zero-order valence-electron chi connectivity index (χ0n) is 8.16. The Balaban J connectivity index is 2.01. The van der Waals surface area contributed by atoms with Crippen LogP contribution in [-0.4, -0.2) is 4.57 Å². The zero-order valence-corrected chi connectivity index (χ0v) is 8.16. The summed E-state index contributed by atoms with van der Waals surface area (Å²) >= 11 is 0. The molecule has 2 nitrogen and oxygen atoms in total. The molecular formula is C12H14N2. The maximum Gasteiger partial charge on any atom is 0.0553 e. The highest BCUT2D eigenvalue weighted by molar-refractivity contribution is 5.34. The van der Waals surface area contributed by atoms with Crippen molar-refractivity contribution in [3.05, 3.63) is 47.4 Å². The third kappa shape index (κ3) is 1.18. The molecule has 0 unspecified atom stereocenters. The fourth-order valence-electron chi connectivity index (χ4n) is 2.20. The molecule has 2 heteroatoms. The van der Waals surface area contributed by atoms with Gasteiger partial charge in [0.15, 0.2) is 0 Å². The first kappa shape index (κ1) is 7.92. The van der Waals surface area contributed by atoms with E-state index < -0.39 is 0 Å². The van der Waals surface area contributed by atoms with E-state index in [0.29, 0.717) is 0 Å². The number of nitrogens with zero attached hydrogens (tertiary/aromatic N) is 1. The predicted molar refractivity (Wildman–Crippen MR) is 56.7 cm³/mol. The summed E-state index contributed by atoms with van der Waals surface area (Å²) in [6.45, 7) is 1.98. The SMILES string of the molecule is C1=C2Cn3cccc3CNC2=CCC1. The molecular weight excluding hydrogens is 172 g/mol. The topological polar surface area (TPSA) is 17.0 Å². The molecule has 0 saturated heterocycles. The van der Waals surface area contributed by atoms with Crippen LogP contribution in [0.3, 0.4) is 0 Å². The van der Waals surface area contributed by atoms with Crippen molar-refractivity contribution in [2.75, 3.05) is 0 Å². The molecule has 0 fully saturated rings. The van der Waals surface area contributed by atoms with Crippen molar-refractivity contribution in [3.63, 3.8) is 0 Å². The van der Waals surface area contributed by atoms with Crippen LogP contribution in [0.4, 0.5) is 0 Å². The zero-order chi connectivity index (χ0) is 9.38. The van der Waals surface area contributed by atoms with Crippen molar-refractivity contribution in [1.29, 1.82) is 0 Å². The first-order chi connectivity index (χ1) is 6.93. The van der Waals surface area contributed by atoms with Crippen molar-refractivity contribution < 1.29 is 0 Å². The van der Waals surface area contributed by atoms with Crippen LogP contribution < -0.4 is 5.32 Å². The summed E-state index contributed by atoms with van der Waals surface area (Å²) in [5, 5.41) is 3.50. The molecule has 0 spiro atoms. The minimum absolute atomic E-state index is 0.955. The molecule has 0 saturated carbocycles. The molecule has 0 aromatic carbocycles. The lowest BCUT2D eigenvalue weighted by atomic mass is 10.0. The van der Waals surface area contributed by atoms with E-state index in [1.807, 2.05) is 0 Å². The molecule has 0 bridgehead atoms. The normalized spacial score (nSPS) is 19.7. The molecule has 1 aromatic heterocycles. The Kier molecular flexibility index (Phi) is 1.72. The van der Waals surface area contributed by atoms with Crippen LogP contribution in [0, 0.1) is 0 Å². The van der Waals surface area contributed by atoms with E-state index in [1.165, 1.54) is 29.8 Å². The summed E-state index contributed by atoms with van der Waals surface area (Å²) in [5.74, 6) is 0. The van der Waals surface area contributed by atoms with Gasteiger partial charge in [-0.1, -0.05) is 12.2 Å². The Morgan fingerprint density at radius 3 is 3.14 bits per heavy atom. The lowest BCUT2D eigenvalue weighted by Gasteiger charge is -2.14. The molecule has 1 aliphatic heterocycles. The maximum atomic E-state index is 3.50. The van der Waals surface area contributed by atoms with Crippen LogP contribution in [0.15, 0.2) is 41.8 Å². The van der Waals surface area contributed by atoms with E-state index in [2.05, 4.69) is 40.4 Å². The summed E-state index contributed by atoms with van der Waals surface area (Å²) in [6, 6.07) is 4.31. The van der Waals surface area contributed by atoms with Crippen LogP contribution in [0.2, 0.25) is 0 Å². The second kappa shape index (κ2) is 3.05. The molecule has 1 aromatic rings. The van der Waals surface area contributed by atoms with Gasteiger partial charge in [-0.25, -0.2) is 0 Å². The van der Waals surface area contributed by atoms with Crippen LogP contribution >= 0.6 is 0 Å². The van der Waals surface area contributed by atoms with Gasteiger partial charge < -0.3 is 9.88 Å². The fraction of sp³-hybridized carbons (Fsp3) is 0.333. The van der Waals surface area contributed by atoms with Crippen molar-refractivity contribution in [3.8, 4) is 0 Å². The summed E-state index contributed by atoms with van der Waals surface area (Å²) < 4.78 is 2.32. The quantitative estimate of drug-likeness (QED) is 0.657. The van der Waals surface area contributed by atoms with Crippen molar-refractivity contribution in [1.82, 2.24) is 9.88 Å². The average molecular weight is 186 g/mol. The van der Waals surface area contributed by atoms with E-state index in [9.17, 15) is 0 Å². The van der Waals surface area contributed by atoms with Gasteiger partial charge in [0, 0.05) is 24.1 Å². The summed E-state index contributed by atoms with van der Waals surface area (Å²) in [7, 11) is 0. The number of nitrogens with one attached hydrogen (secondary N) is 1. The number of allylic oxidation sites excluding steroid dienone is 3. The second-order valence-electron chi connectivity index (χ2n) is 3.91. The molecule has 0 amide bonds. The first-order valence-electron chi connectivity index (χ1n) is 5.21. The van der Waals surface area contributed by atoms with E-state index in [1.54, 1.807) is 0 Å². The monoisotopic (exact) mass is 186 g/mol. The summed E-state index contributed by atoms with van der Waals surface area (Å²) in [6.07, 6.45) is 9.21. The lowest BCUT2D eigenvalue weighted by Crippen LogP contribution is -2.13. The van der Waals surface area contributed by atoms with E-state index in [-0.39, 0.29) is 0 Å². The molecule has 2 aliphatic rings. The number of aromatic nitrogens is 1. The summed E-state index contributed by atoms with van der Waals surface area (Å²) in [4.78, 5) is 0. The van der Waals surface area contributed by atoms with Gasteiger partial charge in [-0.3, -0.25) is 0 Å². The van der Waals surface area contributed by atoms with E-state index in [4.69, 9.17) is 0 Å². The third-order valence-corrected chi connectivity index (χ3v) is 2.98. The predicted octanol–water partition coefficient (Wildman–Crippen LogP) is 2.20. The molecule has 1 aliphatic carbocycles. The standard InChI is InChI=1S/C12H14N2/c1-2-6-12-10(4-1)9-14-7-3-5-11(14)8-13-12/h3-7,13H,1-2,8-9H2. The van der Waals surface area contributed by atoms with Crippen LogP contribution in [0.1, 0.15) is 18.5 Å². The number of rotatable bonds is 0. The van der Waals surface area contributed by atoms with Gasteiger partial charge in [-0.05, 0) is 30.5 Å². The van der Waals surface area contributed by atoms with Crippen molar-refractivity contribution in [2.45, 2.75) is 25.9 Å². The Bertz CT molecular complexity index is 410. The Morgan fingerprint density at radius 1 is 1.21 bits per heavy atom. The molecule has 0 radical (unpaired) electrons. The van der Waals surface area contributed by atoms with Gasteiger partial charge in [-0.2, -0.15) is 0 Å². The van der Waals surface area contributed by atoms with Gasteiger partial charge in [0.1, 0.15) is 0 Å². The minimum Gasteiger partial charge on any atom is -0.379 e. The first-order valence-corrected chi connectivity index (χ1v) is 5.21. The lowest BCUT2D eigenvalue weighted by molar-refractivity contribution is 0.752. The third-order valence-electron chi connectivity index (χ3n) is 2.98. The van der Waals surface area contributed by atoms with Gasteiger partial charge in [0.2, 0.25) is 0 Å². The molecule has 2 heterocycles. The van der Waals surface area contributed by atoms with E-state index in [0.717, 1.165) is 13.1 Å². The number of fused-ring (bicyclic) bond motifs is 2. The molecule has 72 valence electrons. The van der Waals surface area contributed by atoms with Crippen molar-refractivity contribution >= 4 is 0 Å². The number of hydrogen-bond acceptors (Lipinski definition) is 1. The minimum atomic E-state index is 0.955. The Labute approximate surface area is 83.9 Å². The molecule has 3 rings (SSSR count). The largest absolute Gasteiger partial charge is 0.379 e. The smallest absolute Gasteiger partial charge is 0.0553 e. The highest BCUT2D eigenvalue weighted by Gasteiger charge is 2.14. The van der Waals surface area contributed by atoms with Crippen LogP contribution in [0.25, 0.3) is 0 Å². The average Bonchev–Trinajstić information content (AvgIpc) is 2.58. The van der Waals surface area contributed by atoms with E-state index >= 15 is 0 Å². The van der Waals surface area contributed by atoms with Crippen LogP contribution in [-0.2, 0) is 13.1 Å². The van der Waals surface area contributed by atoms with Gasteiger partial charge in [0.05, 0.1) is 6.54 Å². The fourth-order valence-corrected chi connectivity index (χ4v) is 2.20. The Morgan fingerprint density at radius 2 is 2.14 bits per heavy atom. The van der Waals surface area contributed by atoms with Gasteiger partial charge in [0.25, 0.3) is 0 Å². The Hall–Kier alpha value is -1.44. The molecule has 0 atom stereocenters. The van der Waals surface area contributed by atoms with Crippen LogP contribution in [0.5, 0.6) is 0 Å². The molecule has 14 heavy (non-hydrogen) atoms. The highest BCUT2D eigenvalue weighted by Crippen LogP contribution is 2.22. The maximum absolute atomic E-state index is 3.50. The molecule has 1 N–H and O–H groups in total. The second-order valence-corrected chi connectivity index (χ2v) is 3.91. The summed E-state index contributed by atoms with van der Waals surface area (Å²) in [5.41, 5.74) is 4.17. The highest BCUT2D eigenvalue weighted by atomic mass is 15.0. The number of hydrogen-bond donors (Lipinski definition) is 1. The van der Waals surface area contributed by atoms with Crippen molar-refractivity contribution in [2.24, 2.45) is 0 Å².